The van der Waals surface area contributed by atoms with Gasteiger partial charge in [-0.05, 0) is 18.9 Å². The van der Waals surface area contributed by atoms with E-state index in [1.54, 1.807) is 4.90 Å². The summed E-state index contributed by atoms with van der Waals surface area (Å²) in [5.74, 6) is 0.204. The summed E-state index contributed by atoms with van der Waals surface area (Å²) in [6, 6.07) is 5.96. The summed E-state index contributed by atoms with van der Waals surface area (Å²) in [6.07, 6.45) is 0.867. The van der Waals surface area contributed by atoms with Crippen LogP contribution >= 0.6 is 11.3 Å². The summed E-state index contributed by atoms with van der Waals surface area (Å²) in [6.45, 7) is 3.51. The zero-order valence-corrected chi connectivity index (χ0v) is 12.2. The number of hydrogen-bond donors (Lipinski definition) is 2. The van der Waals surface area contributed by atoms with Gasteiger partial charge in [0.15, 0.2) is 0 Å². The van der Waals surface area contributed by atoms with E-state index >= 15 is 0 Å². The SMILES string of the molecule is Cc1cccc2c(N)c(C(=O)N3CCC(CO)C3)sc12. The fraction of sp³-hybridized carbons (Fsp3) is 0.400. The summed E-state index contributed by atoms with van der Waals surface area (Å²) in [4.78, 5) is 15.0. The molecule has 0 saturated carbocycles. The topological polar surface area (TPSA) is 66.6 Å². The quantitative estimate of drug-likeness (QED) is 0.891. The maximum atomic E-state index is 12.6. The van der Waals surface area contributed by atoms with Crippen LogP contribution in [0.5, 0.6) is 0 Å². The third kappa shape index (κ3) is 2.07. The fourth-order valence-electron chi connectivity index (χ4n) is 2.75. The number of thiophene rings is 1. The van der Waals surface area contributed by atoms with E-state index < -0.39 is 0 Å². The molecule has 0 aliphatic carbocycles. The predicted octanol–water partition coefficient (Wildman–Crippen LogP) is 2.25. The number of rotatable bonds is 2. The Hall–Kier alpha value is -1.59. The Bertz CT molecular complexity index is 665. The summed E-state index contributed by atoms with van der Waals surface area (Å²) in [7, 11) is 0. The van der Waals surface area contributed by atoms with E-state index in [-0.39, 0.29) is 18.4 Å². The van der Waals surface area contributed by atoms with E-state index in [9.17, 15) is 9.90 Å². The molecule has 106 valence electrons. The van der Waals surface area contributed by atoms with Crippen molar-refractivity contribution in [2.45, 2.75) is 13.3 Å². The van der Waals surface area contributed by atoms with Gasteiger partial charge in [0.1, 0.15) is 4.88 Å². The summed E-state index contributed by atoms with van der Waals surface area (Å²) >= 11 is 1.48. The standard InChI is InChI=1S/C15H18N2O2S/c1-9-3-2-4-11-12(16)14(20-13(9)11)15(19)17-6-5-10(7-17)8-18/h2-4,10,18H,5-8,16H2,1H3. The van der Waals surface area contributed by atoms with Crippen molar-refractivity contribution in [2.24, 2.45) is 5.92 Å². The number of aryl methyl sites for hydroxylation is 1. The van der Waals surface area contributed by atoms with Gasteiger partial charge < -0.3 is 15.7 Å². The average molecular weight is 290 g/mol. The monoisotopic (exact) mass is 290 g/mol. The van der Waals surface area contributed by atoms with Gasteiger partial charge in [-0.25, -0.2) is 0 Å². The van der Waals surface area contributed by atoms with Crippen molar-refractivity contribution in [3.63, 3.8) is 0 Å². The van der Waals surface area contributed by atoms with Crippen LogP contribution in [-0.4, -0.2) is 35.6 Å². The Kier molecular flexibility index (Phi) is 3.40. The lowest BCUT2D eigenvalue weighted by atomic mass is 10.1. The molecule has 1 aliphatic heterocycles. The Labute approximate surface area is 121 Å². The molecule has 3 rings (SSSR count). The van der Waals surface area contributed by atoms with Crippen LogP contribution < -0.4 is 5.73 Å². The third-order valence-electron chi connectivity index (χ3n) is 3.98. The lowest BCUT2D eigenvalue weighted by Gasteiger charge is -2.15. The molecule has 2 aromatic rings. The highest BCUT2D eigenvalue weighted by molar-refractivity contribution is 7.21. The Morgan fingerprint density at radius 2 is 2.35 bits per heavy atom. The summed E-state index contributed by atoms with van der Waals surface area (Å²) in [5, 5.41) is 10.2. The first-order valence-corrected chi connectivity index (χ1v) is 7.61. The number of anilines is 1. The van der Waals surface area contributed by atoms with E-state index in [1.807, 2.05) is 25.1 Å². The normalized spacial score (nSPS) is 18.9. The van der Waals surface area contributed by atoms with Gasteiger partial charge in [-0.2, -0.15) is 0 Å². The Morgan fingerprint density at radius 3 is 3.00 bits per heavy atom. The van der Waals surface area contributed by atoms with E-state index in [0.29, 0.717) is 23.7 Å². The minimum atomic E-state index is -0.000880. The molecule has 3 N–H and O–H groups in total. The number of nitrogen functional groups attached to an aromatic ring is 1. The van der Waals surface area contributed by atoms with Crippen LogP contribution in [-0.2, 0) is 0 Å². The number of nitrogens with zero attached hydrogens (tertiary/aromatic N) is 1. The number of aliphatic hydroxyl groups is 1. The zero-order valence-electron chi connectivity index (χ0n) is 11.4. The van der Waals surface area contributed by atoms with Crippen molar-refractivity contribution in [1.29, 1.82) is 0 Å². The van der Waals surface area contributed by atoms with Crippen LogP contribution in [0.2, 0.25) is 0 Å². The lowest BCUT2D eigenvalue weighted by Crippen LogP contribution is -2.29. The number of likely N-dealkylation sites (tertiary alicyclic amines) is 1. The lowest BCUT2D eigenvalue weighted by molar-refractivity contribution is 0.0787. The number of benzene rings is 1. The first-order valence-electron chi connectivity index (χ1n) is 6.79. The number of aliphatic hydroxyl groups excluding tert-OH is 1. The number of nitrogens with two attached hydrogens (primary N) is 1. The van der Waals surface area contributed by atoms with E-state index in [4.69, 9.17) is 5.73 Å². The van der Waals surface area contributed by atoms with Crippen LogP contribution in [0, 0.1) is 12.8 Å². The number of carbonyl (C=O) groups is 1. The second-order valence-electron chi connectivity index (χ2n) is 5.38. The number of amides is 1. The predicted molar refractivity (Wildman–Crippen MR) is 82.1 cm³/mol. The van der Waals surface area contributed by atoms with Crippen molar-refractivity contribution in [2.75, 3.05) is 25.4 Å². The van der Waals surface area contributed by atoms with Crippen LogP contribution in [0.4, 0.5) is 5.69 Å². The average Bonchev–Trinajstić information content (AvgIpc) is 3.05. The Morgan fingerprint density at radius 1 is 1.55 bits per heavy atom. The van der Waals surface area contributed by atoms with Gasteiger partial charge >= 0.3 is 0 Å². The van der Waals surface area contributed by atoms with Gasteiger partial charge in [-0.1, -0.05) is 18.2 Å². The molecule has 1 unspecified atom stereocenters. The number of carbonyl (C=O) groups excluding carboxylic acids is 1. The molecule has 2 heterocycles. The number of fused-ring (bicyclic) bond motifs is 1. The van der Waals surface area contributed by atoms with E-state index in [2.05, 4.69) is 0 Å². The van der Waals surface area contributed by atoms with Gasteiger partial charge in [-0.3, -0.25) is 4.79 Å². The van der Waals surface area contributed by atoms with Crippen molar-refractivity contribution in [3.8, 4) is 0 Å². The maximum absolute atomic E-state index is 12.6. The third-order valence-corrected chi connectivity index (χ3v) is 5.32. The second kappa shape index (κ2) is 5.07. The fourth-order valence-corrected chi connectivity index (χ4v) is 3.91. The van der Waals surface area contributed by atoms with Gasteiger partial charge in [-0.15, -0.1) is 11.3 Å². The van der Waals surface area contributed by atoms with E-state index in [0.717, 1.165) is 22.1 Å². The van der Waals surface area contributed by atoms with Crippen LogP contribution in [0.15, 0.2) is 18.2 Å². The van der Waals surface area contributed by atoms with Gasteiger partial charge in [0, 0.05) is 35.7 Å². The molecule has 0 spiro atoms. The van der Waals surface area contributed by atoms with Crippen LogP contribution in [0.3, 0.4) is 0 Å². The highest BCUT2D eigenvalue weighted by atomic mass is 32.1. The molecule has 1 atom stereocenters. The van der Waals surface area contributed by atoms with Crippen LogP contribution in [0.1, 0.15) is 21.7 Å². The van der Waals surface area contributed by atoms with Crippen molar-refractivity contribution < 1.29 is 9.90 Å². The minimum Gasteiger partial charge on any atom is -0.397 e. The van der Waals surface area contributed by atoms with Gasteiger partial charge in [0.2, 0.25) is 0 Å². The molecule has 1 aromatic carbocycles. The molecule has 1 saturated heterocycles. The first-order chi connectivity index (χ1) is 9.61. The van der Waals surface area contributed by atoms with Crippen molar-refractivity contribution in [3.05, 3.63) is 28.6 Å². The van der Waals surface area contributed by atoms with E-state index in [1.165, 1.54) is 11.3 Å². The van der Waals surface area contributed by atoms with Gasteiger partial charge in [0.25, 0.3) is 5.91 Å². The minimum absolute atomic E-state index is 0.000880. The molecule has 1 aliphatic rings. The van der Waals surface area contributed by atoms with Crippen LogP contribution in [0.25, 0.3) is 10.1 Å². The molecule has 0 radical (unpaired) electrons. The smallest absolute Gasteiger partial charge is 0.266 e. The molecule has 20 heavy (non-hydrogen) atoms. The van der Waals surface area contributed by atoms with Gasteiger partial charge in [0.05, 0.1) is 5.69 Å². The zero-order chi connectivity index (χ0) is 14.3. The molecule has 5 heteroatoms. The molecule has 1 amide bonds. The summed E-state index contributed by atoms with van der Waals surface area (Å²) in [5.41, 5.74) is 7.89. The Balaban J connectivity index is 1.96. The molecule has 1 fully saturated rings. The van der Waals surface area contributed by atoms with Crippen molar-refractivity contribution >= 4 is 33.0 Å². The largest absolute Gasteiger partial charge is 0.397 e. The summed E-state index contributed by atoms with van der Waals surface area (Å²) < 4.78 is 1.09. The molecular formula is C15H18N2O2S. The van der Waals surface area contributed by atoms with Crippen molar-refractivity contribution in [1.82, 2.24) is 4.90 Å². The highest BCUT2D eigenvalue weighted by Crippen LogP contribution is 2.36. The molecule has 4 nitrogen and oxygen atoms in total. The molecular weight excluding hydrogens is 272 g/mol. The highest BCUT2D eigenvalue weighted by Gasteiger charge is 2.29. The number of hydrogen-bond acceptors (Lipinski definition) is 4. The second-order valence-corrected chi connectivity index (χ2v) is 6.41. The first kappa shape index (κ1) is 13.4. The molecule has 0 bridgehead atoms. The maximum Gasteiger partial charge on any atom is 0.266 e. The molecule has 1 aromatic heterocycles.